The summed E-state index contributed by atoms with van der Waals surface area (Å²) < 4.78 is 0. The van der Waals surface area contributed by atoms with Crippen LogP contribution in [0.2, 0.25) is 0 Å². The van der Waals surface area contributed by atoms with Gasteiger partial charge in [0.15, 0.2) is 5.96 Å². The summed E-state index contributed by atoms with van der Waals surface area (Å²) in [5, 5.41) is 11.1. The normalized spacial score (nSPS) is 13.6. The average Bonchev–Trinajstić information content (AvgIpc) is 3.05. The lowest BCUT2D eigenvalue weighted by Gasteiger charge is -2.20. The van der Waals surface area contributed by atoms with Crippen molar-refractivity contribution >= 4 is 17.3 Å². The molecule has 0 saturated carbocycles. The van der Waals surface area contributed by atoms with Crippen molar-refractivity contribution in [1.82, 2.24) is 15.5 Å². The molecule has 0 aromatic carbocycles. The van der Waals surface area contributed by atoms with Crippen LogP contribution < -0.4 is 10.6 Å². The van der Waals surface area contributed by atoms with E-state index in [-0.39, 0.29) is 0 Å². The van der Waals surface area contributed by atoms with E-state index in [1.54, 1.807) is 11.3 Å². The van der Waals surface area contributed by atoms with Gasteiger partial charge in [-0.25, -0.2) is 0 Å². The van der Waals surface area contributed by atoms with Crippen molar-refractivity contribution in [1.29, 1.82) is 0 Å². The van der Waals surface area contributed by atoms with Gasteiger partial charge in [-0.15, -0.1) is 0 Å². The van der Waals surface area contributed by atoms with Crippen LogP contribution in [0.25, 0.3) is 0 Å². The second-order valence-electron chi connectivity index (χ2n) is 6.39. The third kappa shape index (κ3) is 8.37. The van der Waals surface area contributed by atoms with Gasteiger partial charge in [0.25, 0.3) is 0 Å². The highest BCUT2D eigenvalue weighted by Gasteiger charge is 2.06. The Kier molecular flexibility index (Phi) is 9.96. The zero-order chi connectivity index (χ0) is 17.1. The third-order valence-corrected chi connectivity index (χ3v) is 4.79. The third-order valence-electron chi connectivity index (χ3n) is 4.09. The number of hydrogen-bond donors (Lipinski definition) is 2. The van der Waals surface area contributed by atoms with E-state index in [1.165, 1.54) is 18.4 Å². The summed E-state index contributed by atoms with van der Waals surface area (Å²) in [6, 6.07) is 2.82. The minimum atomic E-state index is 0.469. The Morgan fingerprint density at radius 2 is 2.04 bits per heavy atom. The molecule has 1 aromatic rings. The van der Waals surface area contributed by atoms with Crippen LogP contribution in [-0.2, 0) is 0 Å². The van der Waals surface area contributed by atoms with Crippen LogP contribution >= 0.6 is 11.3 Å². The lowest BCUT2D eigenvalue weighted by atomic mass is 10.1. The Morgan fingerprint density at radius 3 is 2.65 bits per heavy atom. The Bertz CT molecular complexity index is 428. The molecule has 0 aliphatic carbocycles. The van der Waals surface area contributed by atoms with Crippen molar-refractivity contribution in [3.63, 3.8) is 0 Å². The average molecular weight is 339 g/mol. The topological polar surface area (TPSA) is 39.7 Å². The lowest BCUT2D eigenvalue weighted by molar-refractivity contribution is 0.268. The van der Waals surface area contributed by atoms with Gasteiger partial charge in [0.1, 0.15) is 0 Å². The number of rotatable bonds is 10. The molecule has 1 aromatic heterocycles. The molecule has 1 atom stereocenters. The summed E-state index contributed by atoms with van der Waals surface area (Å²) >= 11 is 1.75. The van der Waals surface area contributed by atoms with Crippen LogP contribution in [0.1, 0.15) is 52.0 Å². The van der Waals surface area contributed by atoms with E-state index in [0.717, 1.165) is 32.1 Å². The summed E-state index contributed by atoms with van der Waals surface area (Å²) in [5.41, 5.74) is 1.38. The fourth-order valence-corrected chi connectivity index (χ4v) is 2.96. The molecular weight excluding hydrogens is 304 g/mol. The number of thiophene rings is 1. The highest BCUT2D eigenvalue weighted by molar-refractivity contribution is 7.07. The number of nitrogens with zero attached hydrogens (tertiary/aromatic N) is 2. The van der Waals surface area contributed by atoms with Crippen molar-refractivity contribution in [2.75, 3.05) is 33.2 Å². The summed E-state index contributed by atoms with van der Waals surface area (Å²) in [6.45, 7) is 12.7. The van der Waals surface area contributed by atoms with E-state index < -0.39 is 0 Å². The van der Waals surface area contributed by atoms with Gasteiger partial charge in [0.05, 0.1) is 0 Å². The maximum Gasteiger partial charge on any atom is 0.191 e. The first-order valence-electron chi connectivity index (χ1n) is 8.79. The van der Waals surface area contributed by atoms with Crippen LogP contribution in [0, 0.1) is 0 Å². The first kappa shape index (κ1) is 20.0. The largest absolute Gasteiger partial charge is 0.357 e. The van der Waals surface area contributed by atoms with Crippen molar-refractivity contribution in [2.45, 2.75) is 52.5 Å². The van der Waals surface area contributed by atoms with E-state index in [0.29, 0.717) is 12.0 Å². The van der Waals surface area contributed by atoms with Gasteiger partial charge >= 0.3 is 0 Å². The SMILES string of the molecule is CCNC(=NCC(C)c1ccsc1)NCCCCN(C)C(C)C. The van der Waals surface area contributed by atoms with Gasteiger partial charge in [-0.2, -0.15) is 11.3 Å². The molecular formula is C18H34N4S. The Balaban J connectivity index is 2.29. The number of hydrogen-bond acceptors (Lipinski definition) is 3. The molecule has 1 heterocycles. The number of aliphatic imine (C=N–C) groups is 1. The van der Waals surface area contributed by atoms with E-state index in [9.17, 15) is 0 Å². The molecule has 1 rings (SSSR count). The van der Waals surface area contributed by atoms with E-state index >= 15 is 0 Å². The first-order chi connectivity index (χ1) is 11.0. The van der Waals surface area contributed by atoms with Gasteiger partial charge in [0.2, 0.25) is 0 Å². The highest BCUT2D eigenvalue weighted by atomic mass is 32.1. The number of unbranched alkanes of at least 4 members (excludes halogenated alkanes) is 1. The zero-order valence-electron chi connectivity index (χ0n) is 15.4. The predicted octanol–water partition coefficient (Wildman–Crippen LogP) is 3.53. The molecule has 0 radical (unpaired) electrons. The van der Waals surface area contributed by atoms with Crippen molar-refractivity contribution in [2.24, 2.45) is 4.99 Å². The van der Waals surface area contributed by atoms with Gasteiger partial charge in [-0.05, 0) is 69.6 Å². The van der Waals surface area contributed by atoms with E-state index in [1.807, 2.05) is 0 Å². The Labute approximate surface area is 146 Å². The monoisotopic (exact) mass is 338 g/mol. The van der Waals surface area contributed by atoms with Gasteiger partial charge in [-0.3, -0.25) is 4.99 Å². The summed E-state index contributed by atoms with van der Waals surface area (Å²) in [7, 11) is 2.19. The van der Waals surface area contributed by atoms with Gasteiger partial charge in [0, 0.05) is 31.6 Å². The molecule has 0 spiro atoms. The maximum absolute atomic E-state index is 4.72. The minimum Gasteiger partial charge on any atom is -0.357 e. The Morgan fingerprint density at radius 1 is 1.26 bits per heavy atom. The van der Waals surface area contributed by atoms with Gasteiger partial charge in [-0.1, -0.05) is 6.92 Å². The zero-order valence-corrected chi connectivity index (χ0v) is 16.2. The van der Waals surface area contributed by atoms with E-state index in [2.05, 4.69) is 67.1 Å². The van der Waals surface area contributed by atoms with Crippen LogP contribution in [0.3, 0.4) is 0 Å². The van der Waals surface area contributed by atoms with Crippen molar-refractivity contribution in [3.8, 4) is 0 Å². The molecule has 0 aliphatic heterocycles. The molecule has 0 fully saturated rings. The fraction of sp³-hybridized carbons (Fsp3) is 0.722. The minimum absolute atomic E-state index is 0.469. The molecule has 4 nitrogen and oxygen atoms in total. The van der Waals surface area contributed by atoms with Crippen LogP contribution in [0.15, 0.2) is 21.8 Å². The standard InChI is InChI=1S/C18H34N4S/c1-6-19-18(20-10-7-8-11-22(5)15(2)3)21-13-16(4)17-9-12-23-14-17/h9,12,14-16H,6-8,10-11,13H2,1-5H3,(H2,19,20,21). The summed E-state index contributed by atoms with van der Waals surface area (Å²) in [4.78, 5) is 7.11. The first-order valence-corrected chi connectivity index (χ1v) is 9.73. The second-order valence-corrected chi connectivity index (χ2v) is 7.17. The molecule has 5 heteroatoms. The molecule has 2 N–H and O–H groups in total. The van der Waals surface area contributed by atoms with Crippen LogP contribution in [0.4, 0.5) is 0 Å². The quantitative estimate of drug-likeness (QED) is 0.389. The van der Waals surface area contributed by atoms with Gasteiger partial charge < -0.3 is 15.5 Å². The lowest BCUT2D eigenvalue weighted by Crippen LogP contribution is -2.38. The molecule has 132 valence electrons. The molecule has 0 saturated heterocycles. The highest BCUT2D eigenvalue weighted by Crippen LogP contribution is 2.18. The number of nitrogens with one attached hydrogen (secondary N) is 2. The molecule has 1 unspecified atom stereocenters. The summed E-state index contributed by atoms with van der Waals surface area (Å²) in [6.07, 6.45) is 2.38. The van der Waals surface area contributed by atoms with Crippen LogP contribution in [-0.4, -0.2) is 50.1 Å². The second kappa shape index (κ2) is 11.5. The smallest absolute Gasteiger partial charge is 0.191 e. The predicted molar refractivity (Wildman–Crippen MR) is 104 cm³/mol. The van der Waals surface area contributed by atoms with Crippen LogP contribution in [0.5, 0.6) is 0 Å². The van der Waals surface area contributed by atoms with E-state index in [4.69, 9.17) is 4.99 Å². The summed E-state index contributed by atoms with van der Waals surface area (Å²) in [5.74, 6) is 1.41. The molecule has 23 heavy (non-hydrogen) atoms. The maximum atomic E-state index is 4.72. The fourth-order valence-electron chi connectivity index (χ4n) is 2.18. The molecule has 0 aliphatic rings. The molecule has 0 bridgehead atoms. The Hall–Kier alpha value is -1.07. The molecule has 0 amide bonds. The number of guanidine groups is 1. The van der Waals surface area contributed by atoms with Crippen molar-refractivity contribution < 1.29 is 0 Å². The van der Waals surface area contributed by atoms with Crippen molar-refractivity contribution in [3.05, 3.63) is 22.4 Å².